The van der Waals surface area contributed by atoms with E-state index in [1.54, 1.807) is 6.08 Å². The zero-order valence-corrected chi connectivity index (χ0v) is 9.00. The van der Waals surface area contributed by atoms with E-state index in [0.29, 0.717) is 0 Å². The number of carbonyl (C=O) groups is 1. The highest BCUT2D eigenvalue weighted by atomic mass is 16.4. The summed E-state index contributed by atoms with van der Waals surface area (Å²) in [5.74, 6) is -0.870. The zero-order valence-electron chi connectivity index (χ0n) is 9.00. The standard InChI is InChI=1S/C12H15NO2/c1-4-10-6-5-8(2)9(3)12(10)13-7-11(14)15/h4-6,13H,1,7H2,2-3H3,(H,14,15). The molecule has 0 unspecified atom stereocenters. The number of carboxylic acid groups (broad SMARTS) is 1. The van der Waals surface area contributed by atoms with Gasteiger partial charge in [-0.15, -0.1) is 0 Å². The lowest BCUT2D eigenvalue weighted by atomic mass is 10.0. The smallest absolute Gasteiger partial charge is 0.322 e. The van der Waals surface area contributed by atoms with Crippen LogP contribution in [0.5, 0.6) is 0 Å². The van der Waals surface area contributed by atoms with Crippen LogP contribution in [0.3, 0.4) is 0 Å². The summed E-state index contributed by atoms with van der Waals surface area (Å²) in [5.41, 5.74) is 3.98. The van der Waals surface area contributed by atoms with Crippen molar-refractivity contribution in [3.8, 4) is 0 Å². The van der Waals surface area contributed by atoms with Gasteiger partial charge >= 0.3 is 5.97 Å². The molecule has 80 valence electrons. The summed E-state index contributed by atoms with van der Waals surface area (Å²) in [4.78, 5) is 10.5. The SMILES string of the molecule is C=Cc1ccc(C)c(C)c1NCC(=O)O. The van der Waals surface area contributed by atoms with Crippen molar-refractivity contribution in [2.45, 2.75) is 13.8 Å². The Morgan fingerprint density at radius 3 is 2.73 bits per heavy atom. The van der Waals surface area contributed by atoms with E-state index in [0.717, 1.165) is 22.4 Å². The van der Waals surface area contributed by atoms with Crippen LogP contribution in [-0.2, 0) is 4.79 Å². The molecule has 0 aliphatic heterocycles. The monoisotopic (exact) mass is 205 g/mol. The molecule has 0 bridgehead atoms. The Balaban J connectivity index is 3.06. The Morgan fingerprint density at radius 2 is 2.20 bits per heavy atom. The van der Waals surface area contributed by atoms with Crippen LogP contribution in [-0.4, -0.2) is 17.6 Å². The first kappa shape index (κ1) is 11.3. The molecular formula is C12H15NO2. The minimum absolute atomic E-state index is 0.0782. The van der Waals surface area contributed by atoms with Crippen LogP contribution in [0.25, 0.3) is 6.08 Å². The van der Waals surface area contributed by atoms with Crippen LogP contribution in [0.15, 0.2) is 18.7 Å². The van der Waals surface area contributed by atoms with Crippen LogP contribution >= 0.6 is 0 Å². The van der Waals surface area contributed by atoms with E-state index in [2.05, 4.69) is 11.9 Å². The molecule has 1 aromatic carbocycles. The van der Waals surface area contributed by atoms with Gasteiger partial charge in [-0.1, -0.05) is 24.8 Å². The summed E-state index contributed by atoms with van der Waals surface area (Å²) < 4.78 is 0. The Morgan fingerprint density at radius 1 is 1.53 bits per heavy atom. The maximum atomic E-state index is 10.5. The molecule has 0 aliphatic carbocycles. The van der Waals surface area contributed by atoms with Gasteiger partial charge in [-0.3, -0.25) is 4.79 Å². The second-order valence-corrected chi connectivity index (χ2v) is 3.42. The van der Waals surface area contributed by atoms with E-state index in [9.17, 15) is 4.79 Å². The van der Waals surface area contributed by atoms with Crippen molar-refractivity contribution >= 4 is 17.7 Å². The van der Waals surface area contributed by atoms with Crippen LogP contribution in [0.4, 0.5) is 5.69 Å². The van der Waals surface area contributed by atoms with Gasteiger partial charge in [0.25, 0.3) is 0 Å². The summed E-state index contributed by atoms with van der Waals surface area (Å²) in [6.07, 6.45) is 1.72. The van der Waals surface area contributed by atoms with Crippen LogP contribution in [0, 0.1) is 13.8 Å². The van der Waals surface area contributed by atoms with Gasteiger partial charge in [-0.25, -0.2) is 0 Å². The van der Waals surface area contributed by atoms with Crippen molar-refractivity contribution in [1.82, 2.24) is 0 Å². The van der Waals surface area contributed by atoms with Gasteiger partial charge in [-0.05, 0) is 30.5 Å². The fourth-order valence-corrected chi connectivity index (χ4v) is 1.41. The molecule has 0 heterocycles. The van der Waals surface area contributed by atoms with Gasteiger partial charge in [0.15, 0.2) is 0 Å². The third kappa shape index (κ3) is 2.59. The van der Waals surface area contributed by atoms with E-state index in [1.165, 1.54) is 0 Å². The average molecular weight is 205 g/mol. The predicted octanol–water partition coefficient (Wildman–Crippen LogP) is 2.44. The fourth-order valence-electron chi connectivity index (χ4n) is 1.41. The topological polar surface area (TPSA) is 49.3 Å². The molecule has 1 rings (SSSR count). The molecule has 0 saturated heterocycles. The van der Waals surface area contributed by atoms with Gasteiger partial charge in [0, 0.05) is 5.69 Å². The van der Waals surface area contributed by atoms with E-state index < -0.39 is 5.97 Å². The number of benzene rings is 1. The molecule has 0 atom stereocenters. The van der Waals surface area contributed by atoms with Crippen LogP contribution in [0.2, 0.25) is 0 Å². The van der Waals surface area contributed by atoms with Crippen molar-refractivity contribution in [2.75, 3.05) is 11.9 Å². The first-order valence-corrected chi connectivity index (χ1v) is 4.74. The largest absolute Gasteiger partial charge is 0.480 e. The number of hydrogen-bond donors (Lipinski definition) is 2. The first-order valence-electron chi connectivity index (χ1n) is 4.74. The van der Waals surface area contributed by atoms with Gasteiger partial charge in [0.1, 0.15) is 6.54 Å². The van der Waals surface area contributed by atoms with E-state index in [4.69, 9.17) is 5.11 Å². The summed E-state index contributed by atoms with van der Waals surface area (Å²) in [7, 11) is 0. The minimum atomic E-state index is -0.870. The Kier molecular flexibility index (Phi) is 3.50. The molecular weight excluding hydrogens is 190 g/mol. The third-order valence-corrected chi connectivity index (χ3v) is 2.40. The van der Waals surface area contributed by atoms with Crippen molar-refractivity contribution in [3.05, 3.63) is 35.4 Å². The summed E-state index contributed by atoms with van der Waals surface area (Å²) in [6.45, 7) is 7.58. The van der Waals surface area contributed by atoms with Crippen molar-refractivity contribution < 1.29 is 9.90 Å². The lowest BCUT2D eigenvalue weighted by Crippen LogP contribution is -2.14. The molecule has 0 aromatic heterocycles. The highest BCUT2D eigenvalue weighted by molar-refractivity contribution is 5.77. The summed E-state index contributed by atoms with van der Waals surface area (Å²) >= 11 is 0. The van der Waals surface area contributed by atoms with Crippen LogP contribution < -0.4 is 5.32 Å². The Hall–Kier alpha value is -1.77. The molecule has 0 spiro atoms. The average Bonchev–Trinajstić information content (AvgIpc) is 2.20. The summed E-state index contributed by atoms with van der Waals surface area (Å²) in [6, 6.07) is 3.93. The highest BCUT2D eigenvalue weighted by Gasteiger charge is 2.06. The summed E-state index contributed by atoms with van der Waals surface area (Å²) in [5, 5.41) is 11.5. The molecule has 0 aliphatic rings. The fraction of sp³-hybridized carbons (Fsp3) is 0.250. The van der Waals surface area contributed by atoms with Crippen molar-refractivity contribution in [2.24, 2.45) is 0 Å². The predicted molar refractivity (Wildman–Crippen MR) is 62.1 cm³/mol. The molecule has 1 aromatic rings. The Bertz CT molecular complexity index is 397. The molecule has 0 fully saturated rings. The van der Waals surface area contributed by atoms with Gasteiger partial charge < -0.3 is 10.4 Å². The van der Waals surface area contributed by atoms with Crippen molar-refractivity contribution in [1.29, 1.82) is 0 Å². The lowest BCUT2D eigenvalue weighted by Gasteiger charge is -2.13. The normalized spacial score (nSPS) is 9.73. The quantitative estimate of drug-likeness (QED) is 0.793. The number of nitrogens with one attached hydrogen (secondary N) is 1. The maximum absolute atomic E-state index is 10.5. The number of rotatable bonds is 4. The molecule has 2 N–H and O–H groups in total. The highest BCUT2D eigenvalue weighted by Crippen LogP contribution is 2.24. The van der Waals surface area contributed by atoms with E-state index in [-0.39, 0.29) is 6.54 Å². The first-order chi connectivity index (χ1) is 7.06. The molecule has 0 amide bonds. The molecule has 15 heavy (non-hydrogen) atoms. The number of carboxylic acids is 1. The lowest BCUT2D eigenvalue weighted by molar-refractivity contribution is -0.134. The third-order valence-electron chi connectivity index (χ3n) is 2.40. The second-order valence-electron chi connectivity index (χ2n) is 3.42. The maximum Gasteiger partial charge on any atom is 0.322 e. The molecule has 0 radical (unpaired) electrons. The minimum Gasteiger partial charge on any atom is -0.480 e. The molecule has 3 heteroatoms. The van der Waals surface area contributed by atoms with Gasteiger partial charge in [0.05, 0.1) is 0 Å². The number of hydrogen-bond acceptors (Lipinski definition) is 2. The zero-order chi connectivity index (χ0) is 11.4. The molecule has 0 saturated carbocycles. The number of anilines is 1. The van der Waals surface area contributed by atoms with Gasteiger partial charge in [0.2, 0.25) is 0 Å². The Labute approximate surface area is 89.4 Å². The number of aliphatic carboxylic acids is 1. The van der Waals surface area contributed by atoms with Gasteiger partial charge in [-0.2, -0.15) is 0 Å². The van der Waals surface area contributed by atoms with Crippen LogP contribution in [0.1, 0.15) is 16.7 Å². The van der Waals surface area contributed by atoms with Crippen molar-refractivity contribution in [3.63, 3.8) is 0 Å². The molecule has 3 nitrogen and oxygen atoms in total. The number of aryl methyl sites for hydroxylation is 1. The van der Waals surface area contributed by atoms with E-state index in [1.807, 2.05) is 26.0 Å². The van der Waals surface area contributed by atoms with E-state index >= 15 is 0 Å². The second kappa shape index (κ2) is 4.64.